The topological polar surface area (TPSA) is 159 Å². The van der Waals surface area contributed by atoms with E-state index < -0.39 is 78.4 Å². The number of imidazole rings is 1. The van der Waals surface area contributed by atoms with Gasteiger partial charge in [0.05, 0.1) is 16.6 Å². The number of aromatic amines is 1. The predicted octanol–water partition coefficient (Wildman–Crippen LogP) is 3.86. The van der Waals surface area contributed by atoms with E-state index in [9.17, 15) is 41.0 Å². The second-order valence-electron chi connectivity index (χ2n) is 8.21. The third-order valence-electron chi connectivity index (χ3n) is 5.48. The molecule has 0 unspecified atom stereocenters. The number of allylic oxidation sites excluding steroid dienone is 1. The number of rotatable bonds is 7. The third-order valence-corrected chi connectivity index (χ3v) is 6.80. The summed E-state index contributed by atoms with van der Waals surface area (Å²) in [4.78, 5) is 19.3. The molecule has 202 valence electrons. The maximum absolute atomic E-state index is 14.5. The Labute approximate surface area is 218 Å². The molecule has 0 saturated carbocycles. The first kappa shape index (κ1) is 27.5. The fourth-order valence-corrected chi connectivity index (χ4v) is 4.61. The molecular weight excluding hydrogens is 544 g/mol. The van der Waals surface area contributed by atoms with Crippen molar-refractivity contribution < 1.29 is 41.0 Å². The maximum Gasteiger partial charge on any atom is 0.286 e. The van der Waals surface area contributed by atoms with Crippen LogP contribution in [0.3, 0.4) is 0 Å². The lowest BCUT2D eigenvalue weighted by atomic mass is 9.98. The average molecular weight is 563 g/mol. The Bertz CT molecular complexity index is 1770. The number of aromatic nitrogens is 2. The zero-order valence-corrected chi connectivity index (χ0v) is 20.6. The van der Waals surface area contributed by atoms with E-state index in [4.69, 9.17) is 5.73 Å². The molecule has 0 aliphatic heterocycles. The van der Waals surface area contributed by atoms with Crippen LogP contribution in [-0.4, -0.2) is 46.3 Å². The Morgan fingerprint density at radius 3 is 2.33 bits per heavy atom. The fraction of sp³-hybridized carbons (Fsp3) is 0.0800. The van der Waals surface area contributed by atoms with Gasteiger partial charge in [-0.1, -0.05) is 12.1 Å². The van der Waals surface area contributed by atoms with E-state index >= 15 is 0 Å². The highest BCUT2D eigenvalue weighted by Crippen LogP contribution is 2.31. The molecule has 1 heterocycles. The van der Waals surface area contributed by atoms with Crippen molar-refractivity contribution in [3.05, 3.63) is 94.8 Å². The van der Waals surface area contributed by atoms with E-state index in [1.165, 1.54) is 0 Å². The first-order chi connectivity index (χ1) is 18.3. The molecule has 0 amide bonds. The summed E-state index contributed by atoms with van der Waals surface area (Å²) in [6.07, 6.45) is -1.48. The van der Waals surface area contributed by atoms with Gasteiger partial charge in [0, 0.05) is 11.6 Å². The van der Waals surface area contributed by atoms with E-state index in [1.807, 2.05) is 0 Å². The van der Waals surface area contributed by atoms with Gasteiger partial charge in [0.1, 0.15) is 45.6 Å². The molecule has 4 aromatic rings. The second kappa shape index (κ2) is 10.3. The van der Waals surface area contributed by atoms with Gasteiger partial charge < -0.3 is 20.9 Å². The number of nitrogens with zero attached hydrogens (tertiary/aromatic N) is 2. The lowest BCUT2D eigenvalue weighted by Gasteiger charge is -2.11. The van der Waals surface area contributed by atoms with Crippen LogP contribution in [0.4, 0.5) is 17.6 Å². The van der Waals surface area contributed by atoms with Crippen molar-refractivity contribution in [3.63, 3.8) is 0 Å². The first-order valence-corrected chi connectivity index (χ1v) is 12.4. The normalized spacial score (nSPS) is 13.8. The van der Waals surface area contributed by atoms with Gasteiger partial charge in [-0.3, -0.25) is 4.79 Å². The number of hydrogen-bond donors (Lipinski definition) is 4. The minimum absolute atomic E-state index is 0.142. The van der Waals surface area contributed by atoms with Gasteiger partial charge in [-0.2, -0.15) is 8.42 Å². The number of carbonyl (C=O) groups excluding carboxylic acids is 1. The number of halogens is 4. The molecule has 0 bridgehead atoms. The molecule has 5 N–H and O–H groups in total. The Kier molecular flexibility index (Phi) is 7.26. The zero-order chi connectivity index (χ0) is 28.6. The van der Waals surface area contributed by atoms with Crippen LogP contribution >= 0.6 is 0 Å². The number of nitrogens with two attached hydrogens (primary N) is 1. The standard InChI is InChI=1S/C25H18F4N4O5S/c1-11(34)24(30)33-39(37,38)20-8-12(6-7-14(20)26)22(35)21(25-31-18-4-2-3-5-19(18)32-25)23(36)13-9-16(28)17(29)10-15(13)27/h2-11,34-35H,1H3,(H2,30,33)(H,31,32)/b22-21-/t11-/m1/s1. The van der Waals surface area contributed by atoms with E-state index in [2.05, 4.69) is 14.4 Å². The van der Waals surface area contributed by atoms with Crippen molar-refractivity contribution >= 4 is 44.0 Å². The molecule has 0 aliphatic carbocycles. The van der Waals surface area contributed by atoms with Crippen LogP contribution in [0.25, 0.3) is 22.4 Å². The number of H-pyrrole nitrogens is 1. The highest BCUT2D eigenvalue weighted by molar-refractivity contribution is 7.90. The van der Waals surface area contributed by atoms with Gasteiger partial charge in [-0.15, -0.1) is 4.40 Å². The van der Waals surface area contributed by atoms with Crippen LogP contribution in [0.15, 0.2) is 63.9 Å². The molecule has 0 fully saturated rings. The number of benzene rings is 3. The number of aliphatic hydroxyl groups is 2. The minimum atomic E-state index is -4.86. The number of nitrogens with one attached hydrogen (secondary N) is 1. The summed E-state index contributed by atoms with van der Waals surface area (Å²) in [5, 5.41) is 20.6. The molecule has 3 aromatic carbocycles. The van der Waals surface area contributed by atoms with Crippen LogP contribution in [-0.2, 0) is 10.0 Å². The van der Waals surface area contributed by atoms with Crippen molar-refractivity contribution in [2.45, 2.75) is 17.9 Å². The van der Waals surface area contributed by atoms with Crippen molar-refractivity contribution in [2.75, 3.05) is 0 Å². The van der Waals surface area contributed by atoms with Crippen molar-refractivity contribution in [3.8, 4) is 0 Å². The van der Waals surface area contributed by atoms with Gasteiger partial charge >= 0.3 is 0 Å². The quantitative estimate of drug-likeness (QED) is 0.0506. The molecule has 0 radical (unpaired) electrons. The number of aliphatic hydroxyl groups excluding tert-OH is 2. The smallest absolute Gasteiger partial charge is 0.286 e. The van der Waals surface area contributed by atoms with Crippen LogP contribution < -0.4 is 5.73 Å². The number of carbonyl (C=O) groups is 1. The molecule has 9 nitrogen and oxygen atoms in total. The average Bonchev–Trinajstić information content (AvgIpc) is 3.29. The number of ketones is 1. The number of hydrogen-bond acceptors (Lipinski definition) is 6. The lowest BCUT2D eigenvalue weighted by molar-refractivity contribution is 0.105. The zero-order valence-electron chi connectivity index (χ0n) is 19.8. The van der Waals surface area contributed by atoms with Crippen LogP contribution in [0.1, 0.15) is 28.7 Å². The third kappa shape index (κ3) is 5.37. The van der Waals surface area contributed by atoms with Gasteiger partial charge in [-0.25, -0.2) is 22.5 Å². The summed E-state index contributed by atoms with van der Waals surface area (Å²) >= 11 is 0. The first-order valence-electron chi connectivity index (χ1n) is 11.0. The summed E-state index contributed by atoms with van der Waals surface area (Å²) in [5.41, 5.74) is 3.86. The maximum atomic E-state index is 14.5. The Morgan fingerprint density at radius 1 is 1.00 bits per heavy atom. The molecular formula is C25H18F4N4O5S. The highest BCUT2D eigenvalue weighted by atomic mass is 32.2. The largest absolute Gasteiger partial charge is 0.506 e. The Balaban J connectivity index is 1.98. The van der Waals surface area contributed by atoms with Crippen LogP contribution in [0.5, 0.6) is 0 Å². The van der Waals surface area contributed by atoms with Crippen LogP contribution in [0.2, 0.25) is 0 Å². The number of amidine groups is 1. The van der Waals surface area contributed by atoms with Crippen LogP contribution in [0, 0.1) is 23.3 Å². The fourth-order valence-electron chi connectivity index (χ4n) is 3.49. The van der Waals surface area contributed by atoms with Gasteiger partial charge in [0.2, 0.25) is 5.78 Å². The molecule has 14 heteroatoms. The summed E-state index contributed by atoms with van der Waals surface area (Å²) in [6, 6.07) is 8.95. The van der Waals surface area contributed by atoms with E-state index in [0.29, 0.717) is 23.2 Å². The SMILES string of the molecule is C[C@@H](O)/C(N)=N/S(=O)(=O)c1cc(/C(O)=C(\C(=O)c2cc(F)c(F)cc2F)c2nc3ccccc3[nH]2)ccc1F. The Morgan fingerprint density at radius 2 is 1.67 bits per heavy atom. The molecule has 4 rings (SSSR count). The number of Topliss-reactive ketones (excluding diaryl/α,β-unsaturated/α-hetero) is 1. The second-order valence-corrected chi connectivity index (χ2v) is 9.79. The van der Waals surface area contributed by atoms with E-state index in [0.717, 1.165) is 13.0 Å². The van der Waals surface area contributed by atoms with Crippen molar-refractivity contribution in [1.29, 1.82) is 0 Å². The van der Waals surface area contributed by atoms with Gasteiger partial charge in [-0.05, 0) is 43.3 Å². The summed E-state index contributed by atoms with van der Waals surface area (Å²) in [5.74, 6) is -9.32. The lowest BCUT2D eigenvalue weighted by Crippen LogP contribution is -2.27. The Hall–Kier alpha value is -4.56. The number of sulfonamides is 1. The highest BCUT2D eigenvalue weighted by Gasteiger charge is 2.29. The van der Waals surface area contributed by atoms with Gasteiger partial charge in [0.25, 0.3) is 10.0 Å². The molecule has 0 aliphatic rings. The van der Waals surface area contributed by atoms with Gasteiger partial charge in [0.15, 0.2) is 11.6 Å². The molecule has 39 heavy (non-hydrogen) atoms. The van der Waals surface area contributed by atoms with Crippen molar-refractivity contribution in [2.24, 2.45) is 10.1 Å². The van der Waals surface area contributed by atoms with Crippen molar-refractivity contribution in [1.82, 2.24) is 9.97 Å². The molecule has 1 aromatic heterocycles. The minimum Gasteiger partial charge on any atom is -0.506 e. The summed E-state index contributed by atoms with van der Waals surface area (Å²) in [6.45, 7) is 1.12. The van der Waals surface area contributed by atoms with E-state index in [1.54, 1.807) is 24.3 Å². The molecule has 0 spiro atoms. The van der Waals surface area contributed by atoms with E-state index in [-0.39, 0.29) is 18.0 Å². The number of fused-ring (bicyclic) bond motifs is 1. The molecule has 1 atom stereocenters. The molecule has 0 saturated heterocycles. The summed E-state index contributed by atoms with van der Waals surface area (Å²) < 4.78 is 85.0. The summed E-state index contributed by atoms with van der Waals surface area (Å²) in [7, 11) is -4.86. The predicted molar refractivity (Wildman–Crippen MR) is 133 cm³/mol. The number of para-hydroxylation sites is 2. The monoisotopic (exact) mass is 562 g/mol.